The van der Waals surface area contributed by atoms with Crippen LogP contribution in [0.1, 0.15) is 9.67 Å². The van der Waals surface area contributed by atoms with Crippen molar-refractivity contribution in [3.63, 3.8) is 0 Å². The Hall–Kier alpha value is -3.38. The van der Waals surface area contributed by atoms with Gasteiger partial charge in [-0.25, -0.2) is 9.78 Å². The third-order valence-corrected chi connectivity index (χ3v) is 5.62. The number of nitrogen functional groups attached to an aromatic ring is 1. The van der Waals surface area contributed by atoms with Crippen molar-refractivity contribution in [1.82, 2.24) is 4.98 Å². The third kappa shape index (κ3) is 3.08. The second-order valence-electron chi connectivity index (χ2n) is 6.17. The number of carbonyl (C=O) groups is 1. The highest BCUT2D eigenvalue weighted by atomic mass is 32.1. The zero-order valence-corrected chi connectivity index (χ0v) is 16.2. The molecule has 0 spiro atoms. The van der Waals surface area contributed by atoms with E-state index >= 15 is 0 Å². The number of pyridine rings is 1. The minimum atomic E-state index is -0.456. The van der Waals surface area contributed by atoms with Gasteiger partial charge in [-0.15, -0.1) is 11.3 Å². The number of methoxy groups -OCH3 is 2. The maximum atomic E-state index is 12.2. The molecule has 0 amide bonds. The van der Waals surface area contributed by atoms with Crippen molar-refractivity contribution in [1.29, 1.82) is 0 Å². The Kier molecular flexibility index (Phi) is 4.71. The van der Waals surface area contributed by atoms with Gasteiger partial charge in [-0.1, -0.05) is 42.5 Å². The average Bonchev–Trinajstić information content (AvgIpc) is 3.10. The van der Waals surface area contributed by atoms with Gasteiger partial charge in [-0.3, -0.25) is 0 Å². The number of carbonyl (C=O) groups excluding carboxylic acids is 1. The number of nitrogens with two attached hydrogens (primary N) is 1. The molecule has 2 aromatic carbocycles. The first-order valence-electron chi connectivity index (χ1n) is 8.63. The molecule has 0 aliphatic carbocycles. The van der Waals surface area contributed by atoms with Gasteiger partial charge in [0.25, 0.3) is 0 Å². The molecule has 0 bridgehead atoms. The lowest BCUT2D eigenvalue weighted by molar-refractivity contribution is 0.0607. The van der Waals surface area contributed by atoms with Crippen LogP contribution in [-0.2, 0) is 4.74 Å². The summed E-state index contributed by atoms with van der Waals surface area (Å²) in [7, 11) is 2.98. The van der Waals surface area contributed by atoms with Gasteiger partial charge in [-0.05, 0) is 29.3 Å². The molecule has 0 fully saturated rings. The first-order chi connectivity index (χ1) is 13.6. The number of benzene rings is 2. The molecule has 140 valence electrons. The number of anilines is 1. The molecule has 0 radical (unpaired) electrons. The van der Waals surface area contributed by atoms with E-state index in [4.69, 9.17) is 20.2 Å². The van der Waals surface area contributed by atoms with Gasteiger partial charge in [0, 0.05) is 10.9 Å². The zero-order valence-electron chi connectivity index (χ0n) is 15.4. The van der Waals surface area contributed by atoms with E-state index in [0.29, 0.717) is 15.4 Å². The van der Waals surface area contributed by atoms with Crippen molar-refractivity contribution in [3.05, 3.63) is 65.5 Å². The molecule has 0 unspecified atom stereocenters. The highest BCUT2D eigenvalue weighted by molar-refractivity contribution is 7.21. The monoisotopic (exact) mass is 390 g/mol. The van der Waals surface area contributed by atoms with Crippen molar-refractivity contribution in [2.75, 3.05) is 20.0 Å². The van der Waals surface area contributed by atoms with Gasteiger partial charge < -0.3 is 15.2 Å². The Bertz CT molecular complexity index is 1150. The number of fused-ring (bicyclic) bond motifs is 1. The normalized spacial score (nSPS) is 10.8. The first-order valence-corrected chi connectivity index (χ1v) is 9.45. The summed E-state index contributed by atoms with van der Waals surface area (Å²) < 4.78 is 10.1. The molecule has 2 aromatic heterocycles. The number of ether oxygens (including phenoxy) is 2. The summed E-state index contributed by atoms with van der Waals surface area (Å²) in [4.78, 5) is 18.0. The fraction of sp³-hybridized carbons (Fsp3) is 0.0909. The van der Waals surface area contributed by atoms with E-state index in [0.717, 1.165) is 33.5 Å². The molecular formula is C22H18N2O3S. The van der Waals surface area contributed by atoms with Crippen molar-refractivity contribution in [2.45, 2.75) is 0 Å². The number of hydrogen-bond donors (Lipinski definition) is 1. The van der Waals surface area contributed by atoms with Crippen LogP contribution in [0.25, 0.3) is 32.6 Å². The standard InChI is InChI=1S/C22H18N2O3S/c1-26-15-10-8-13(9-11-15)16-12-17(14-6-4-3-5-7-14)24-21-18(16)19(23)20(28-21)22(25)27-2/h3-12H,23H2,1-2H3. The SMILES string of the molecule is COC(=O)c1sc2nc(-c3ccccc3)cc(-c3ccc(OC)cc3)c2c1N. The number of aromatic nitrogens is 1. The van der Waals surface area contributed by atoms with Crippen LogP contribution >= 0.6 is 11.3 Å². The minimum absolute atomic E-state index is 0.366. The number of thiophene rings is 1. The Morgan fingerprint density at radius 3 is 2.36 bits per heavy atom. The number of hydrogen-bond acceptors (Lipinski definition) is 6. The van der Waals surface area contributed by atoms with Crippen LogP contribution in [0.2, 0.25) is 0 Å². The summed E-state index contributed by atoms with van der Waals surface area (Å²) in [6, 6.07) is 19.6. The Morgan fingerprint density at radius 1 is 1.00 bits per heavy atom. The topological polar surface area (TPSA) is 74.4 Å². The molecule has 2 N–H and O–H groups in total. The van der Waals surface area contributed by atoms with E-state index in [-0.39, 0.29) is 0 Å². The second kappa shape index (κ2) is 7.32. The van der Waals surface area contributed by atoms with E-state index in [9.17, 15) is 4.79 Å². The van der Waals surface area contributed by atoms with Gasteiger partial charge in [0.2, 0.25) is 0 Å². The summed E-state index contributed by atoms with van der Waals surface area (Å²) in [6.07, 6.45) is 0. The maximum Gasteiger partial charge on any atom is 0.350 e. The molecule has 0 saturated carbocycles. The Morgan fingerprint density at radius 2 is 1.71 bits per heavy atom. The fourth-order valence-electron chi connectivity index (χ4n) is 3.12. The zero-order chi connectivity index (χ0) is 19.7. The lowest BCUT2D eigenvalue weighted by Crippen LogP contribution is -2.01. The van der Waals surface area contributed by atoms with E-state index in [2.05, 4.69) is 0 Å². The summed E-state index contributed by atoms with van der Waals surface area (Å²) in [5, 5.41) is 0.759. The molecule has 0 saturated heterocycles. The summed E-state index contributed by atoms with van der Waals surface area (Å²) in [5.41, 5.74) is 10.4. The lowest BCUT2D eigenvalue weighted by Gasteiger charge is -2.09. The Balaban J connectivity index is 2.01. The van der Waals surface area contributed by atoms with Crippen molar-refractivity contribution in [2.24, 2.45) is 0 Å². The molecule has 6 heteroatoms. The lowest BCUT2D eigenvalue weighted by atomic mass is 9.99. The van der Waals surface area contributed by atoms with Gasteiger partial charge in [0.15, 0.2) is 0 Å². The molecule has 0 aliphatic heterocycles. The predicted molar refractivity (Wildman–Crippen MR) is 113 cm³/mol. The van der Waals surface area contributed by atoms with Gasteiger partial charge in [-0.2, -0.15) is 0 Å². The highest BCUT2D eigenvalue weighted by Crippen LogP contribution is 2.41. The largest absolute Gasteiger partial charge is 0.497 e. The molecule has 2 heterocycles. The third-order valence-electron chi connectivity index (χ3n) is 4.54. The summed E-state index contributed by atoms with van der Waals surface area (Å²) >= 11 is 1.25. The summed E-state index contributed by atoms with van der Waals surface area (Å²) in [5.74, 6) is 0.313. The van der Waals surface area contributed by atoms with Gasteiger partial charge in [0.1, 0.15) is 15.5 Å². The molecular weight excluding hydrogens is 372 g/mol. The quantitative estimate of drug-likeness (QED) is 0.496. The molecule has 5 nitrogen and oxygen atoms in total. The molecule has 28 heavy (non-hydrogen) atoms. The smallest absolute Gasteiger partial charge is 0.350 e. The Labute approximate surface area is 166 Å². The summed E-state index contributed by atoms with van der Waals surface area (Å²) in [6.45, 7) is 0. The first kappa shape index (κ1) is 18.0. The number of nitrogens with zero attached hydrogens (tertiary/aromatic N) is 1. The van der Waals surface area contributed by atoms with Crippen LogP contribution in [0.4, 0.5) is 5.69 Å². The highest BCUT2D eigenvalue weighted by Gasteiger charge is 2.22. The van der Waals surface area contributed by atoms with Gasteiger partial charge >= 0.3 is 5.97 Å². The van der Waals surface area contributed by atoms with Crippen LogP contribution in [-0.4, -0.2) is 25.2 Å². The van der Waals surface area contributed by atoms with Crippen LogP contribution in [0.3, 0.4) is 0 Å². The van der Waals surface area contributed by atoms with E-state index in [1.807, 2.05) is 60.7 Å². The molecule has 4 rings (SSSR count). The van der Waals surface area contributed by atoms with Crippen molar-refractivity contribution < 1.29 is 14.3 Å². The predicted octanol–water partition coefficient (Wildman–Crippen LogP) is 5.01. The molecule has 0 atom stereocenters. The van der Waals surface area contributed by atoms with Crippen LogP contribution in [0, 0.1) is 0 Å². The van der Waals surface area contributed by atoms with Crippen molar-refractivity contribution >= 4 is 33.2 Å². The van der Waals surface area contributed by atoms with Crippen LogP contribution < -0.4 is 10.5 Å². The average molecular weight is 390 g/mol. The van der Waals surface area contributed by atoms with Crippen LogP contribution in [0.15, 0.2) is 60.7 Å². The molecule has 4 aromatic rings. The van der Waals surface area contributed by atoms with Crippen LogP contribution in [0.5, 0.6) is 5.75 Å². The van der Waals surface area contributed by atoms with Crippen molar-refractivity contribution in [3.8, 4) is 28.1 Å². The fourth-order valence-corrected chi connectivity index (χ4v) is 4.16. The van der Waals surface area contributed by atoms with E-state index in [1.54, 1.807) is 7.11 Å². The molecule has 0 aliphatic rings. The van der Waals surface area contributed by atoms with Gasteiger partial charge in [0.05, 0.1) is 25.6 Å². The number of rotatable bonds is 4. The minimum Gasteiger partial charge on any atom is -0.497 e. The van der Waals surface area contributed by atoms with E-state index < -0.39 is 5.97 Å². The van der Waals surface area contributed by atoms with E-state index in [1.165, 1.54) is 18.4 Å². The second-order valence-corrected chi connectivity index (χ2v) is 7.17. The number of esters is 1. The maximum absolute atomic E-state index is 12.2.